The molecule has 0 radical (unpaired) electrons. The van der Waals surface area contributed by atoms with Crippen LogP contribution in [0.15, 0.2) is 42.5 Å². The Morgan fingerprint density at radius 3 is 2.40 bits per heavy atom. The van der Waals surface area contributed by atoms with Gasteiger partial charge in [0.1, 0.15) is 17.6 Å². The van der Waals surface area contributed by atoms with Crippen LogP contribution in [-0.2, 0) is 6.11 Å². The molecule has 0 spiro atoms. The van der Waals surface area contributed by atoms with E-state index in [0.29, 0.717) is 5.92 Å². The van der Waals surface area contributed by atoms with Crippen molar-refractivity contribution in [3.8, 4) is 11.8 Å². The lowest BCUT2D eigenvalue weighted by molar-refractivity contribution is -0.185. The minimum absolute atomic E-state index is 0.221. The highest BCUT2D eigenvalue weighted by molar-refractivity contribution is 5.37. The first kappa shape index (κ1) is 18.9. The number of nitrogens with zero attached hydrogens (tertiary/aromatic N) is 1. The number of alkyl halides is 2. The SMILES string of the molecule is CCCCC(C)c1ccc(C(F)(F)Oc2ccc(C#N)c(F)c2)cc1. The second-order valence-corrected chi connectivity index (χ2v) is 6.04. The van der Waals surface area contributed by atoms with Crippen LogP contribution in [0.5, 0.6) is 5.75 Å². The smallest absolute Gasteiger partial charge is 0.426 e. The van der Waals surface area contributed by atoms with E-state index >= 15 is 0 Å². The summed E-state index contributed by atoms with van der Waals surface area (Å²) in [7, 11) is 0. The fourth-order valence-electron chi connectivity index (χ4n) is 2.54. The van der Waals surface area contributed by atoms with Crippen molar-refractivity contribution in [3.63, 3.8) is 0 Å². The Balaban J connectivity index is 2.13. The van der Waals surface area contributed by atoms with E-state index in [1.807, 2.05) is 0 Å². The maximum atomic E-state index is 14.3. The summed E-state index contributed by atoms with van der Waals surface area (Å²) in [5, 5.41) is 8.67. The molecular weight excluding hydrogens is 327 g/mol. The Labute approximate surface area is 145 Å². The van der Waals surface area contributed by atoms with Crippen molar-refractivity contribution in [1.82, 2.24) is 0 Å². The molecule has 0 aliphatic carbocycles. The fourth-order valence-corrected chi connectivity index (χ4v) is 2.54. The van der Waals surface area contributed by atoms with Gasteiger partial charge in [0, 0.05) is 6.07 Å². The minimum atomic E-state index is -3.59. The van der Waals surface area contributed by atoms with Crippen LogP contribution in [0.2, 0.25) is 0 Å². The third kappa shape index (κ3) is 4.76. The van der Waals surface area contributed by atoms with Gasteiger partial charge in [-0.15, -0.1) is 0 Å². The lowest BCUT2D eigenvalue weighted by Gasteiger charge is -2.19. The zero-order valence-electron chi connectivity index (χ0n) is 14.2. The number of hydrogen-bond acceptors (Lipinski definition) is 2. The molecule has 0 saturated heterocycles. The molecule has 0 saturated carbocycles. The monoisotopic (exact) mass is 347 g/mol. The molecule has 0 aliphatic rings. The standard InChI is InChI=1S/C20H20F3NO/c1-3-4-5-14(2)15-6-9-17(10-7-15)20(22,23)25-18-11-8-16(13-24)19(21)12-18/h6-12,14H,3-5H2,1-2H3. The topological polar surface area (TPSA) is 33.0 Å². The maximum absolute atomic E-state index is 14.3. The summed E-state index contributed by atoms with van der Waals surface area (Å²) in [6.07, 6.45) is -0.402. The predicted molar refractivity (Wildman–Crippen MR) is 90.0 cm³/mol. The van der Waals surface area contributed by atoms with Crippen LogP contribution in [0.25, 0.3) is 0 Å². The number of nitriles is 1. The van der Waals surface area contributed by atoms with E-state index in [2.05, 4.69) is 18.6 Å². The van der Waals surface area contributed by atoms with Gasteiger partial charge in [0.05, 0.1) is 11.1 Å². The van der Waals surface area contributed by atoms with Crippen LogP contribution in [0.4, 0.5) is 13.2 Å². The van der Waals surface area contributed by atoms with Crippen molar-refractivity contribution in [3.05, 3.63) is 65.0 Å². The van der Waals surface area contributed by atoms with Crippen LogP contribution in [0, 0.1) is 17.1 Å². The molecule has 0 aromatic heterocycles. The molecule has 0 bridgehead atoms. The van der Waals surface area contributed by atoms with Crippen LogP contribution in [-0.4, -0.2) is 0 Å². The van der Waals surface area contributed by atoms with Crippen molar-refractivity contribution in [2.75, 3.05) is 0 Å². The first-order chi connectivity index (χ1) is 11.9. The highest BCUT2D eigenvalue weighted by atomic mass is 19.3. The molecule has 25 heavy (non-hydrogen) atoms. The van der Waals surface area contributed by atoms with E-state index in [4.69, 9.17) is 5.26 Å². The molecule has 0 N–H and O–H groups in total. The number of hydrogen-bond donors (Lipinski definition) is 0. The molecule has 0 heterocycles. The zero-order valence-corrected chi connectivity index (χ0v) is 14.2. The highest BCUT2D eigenvalue weighted by Crippen LogP contribution is 2.33. The quantitative estimate of drug-likeness (QED) is 0.604. The van der Waals surface area contributed by atoms with Gasteiger partial charge in [-0.25, -0.2) is 4.39 Å². The lowest BCUT2D eigenvalue weighted by Crippen LogP contribution is -2.22. The summed E-state index contributed by atoms with van der Waals surface area (Å²) in [6.45, 7) is 4.18. The second-order valence-electron chi connectivity index (χ2n) is 6.04. The Kier molecular flexibility index (Phi) is 6.08. The number of unbranched alkanes of at least 4 members (excludes halogenated alkanes) is 1. The molecule has 0 aliphatic heterocycles. The van der Waals surface area contributed by atoms with Crippen molar-refractivity contribution in [2.24, 2.45) is 0 Å². The highest BCUT2D eigenvalue weighted by Gasteiger charge is 2.34. The van der Waals surface area contributed by atoms with Crippen LogP contribution < -0.4 is 4.74 Å². The van der Waals surface area contributed by atoms with E-state index in [-0.39, 0.29) is 16.9 Å². The first-order valence-electron chi connectivity index (χ1n) is 8.24. The molecule has 5 heteroatoms. The zero-order chi connectivity index (χ0) is 18.4. The van der Waals surface area contributed by atoms with Crippen molar-refractivity contribution >= 4 is 0 Å². The normalized spacial score (nSPS) is 12.5. The Morgan fingerprint density at radius 1 is 1.16 bits per heavy atom. The van der Waals surface area contributed by atoms with Crippen LogP contribution in [0.1, 0.15) is 55.7 Å². The molecule has 1 atom stereocenters. The molecule has 2 aromatic carbocycles. The Hall–Kier alpha value is -2.48. The largest absolute Gasteiger partial charge is 0.429 e. The maximum Gasteiger partial charge on any atom is 0.426 e. The average molecular weight is 347 g/mol. The number of halogens is 3. The molecule has 132 valence electrons. The van der Waals surface area contributed by atoms with Crippen molar-refractivity contribution in [1.29, 1.82) is 5.26 Å². The Morgan fingerprint density at radius 2 is 1.84 bits per heavy atom. The van der Waals surface area contributed by atoms with Crippen molar-refractivity contribution < 1.29 is 17.9 Å². The van der Waals surface area contributed by atoms with Gasteiger partial charge in [0.15, 0.2) is 0 Å². The Bertz CT molecular complexity index is 751. The third-order valence-electron chi connectivity index (χ3n) is 4.11. The first-order valence-corrected chi connectivity index (χ1v) is 8.24. The molecule has 2 aromatic rings. The van der Waals surface area contributed by atoms with Gasteiger partial charge >= 0.3 is 6.11 Å². The molecule has 1 unspecified atom stereocenters. The van der Waals surface area contributed by atoms with E-state index in [0.717, 1.165) is 43.0 Å². The van der Waals surface area contributed by atoms with Gasteiger partial charge < -0.3 is 4.74 Å². The molecule has 0 fully saturated rings. The summed E-state index contributed by atoms with van der Waals surface area (Å²) >= 11 is 0. The van der Waals surface area contributed by atoms with E-state index < -0.39 is 11.9 Å². The van der Waals surface area contributed by atoms with E-state index in [1.54, 1.807) is 18.2 Å². The lowest BCUT2D eigenvalue weighted by atomic mass is 9.95. The molecule has 0 amide bonds. The molecule has 2 nitrogen and oxygen atoms in total. The van der Waals surface area contributed by atoms with Gasteiger partial charge in [0.2, 0.25) is 0 Å². The van der Waals surface area contributed by atoms with Gasteiger partial charge in [-0.05, 0) is 42.2 Å². The number of ether oxygens (including phenoxy) is 1. The second kappa shape index (κ2) is 8.06. The average Bonchev–Trinajstić information content (AvgIpc) is 2.59. The van der Waals surface area contributed by atoms with Gasteiger partial charge in [-0.2, -0.15) is 14.0 Å². The summed E-state index contributed by atoms with van der Waals surface area (Å²) < 4.78 is 46.7. The van der Waals surface area contributed by atoms with Gasteiger partial charge in [0.25, 0.3) is 0 Å². The number of rotatable bonds is 7. The van der Waals surface area contributed by atoms with Crippen LogP contribution >= 0.6 is 0 Å². The molecular formula is C20H20F3NO. The van der Waals surface area contributed by atoms with E-state index in [9.17, 15) is 13.2 Å². The summed E-state index contributed by atoms with van der Waals surface area (Å²) in [6, 6.07) is 10.7. The number of benzene rings is 2. The van der Waals surface area contributed by atoms with Crippen LogP contribution in [0.3, 0.4) is 0 Å². The van der Waals surface area contributed by atoms with Gasteiger partial charge in [-0.1, -0.05) is 38.8 Å². The minimum Gasteiger partial charge on any atom is -0.429 e. The van der Waals surface area contributed by atoms with Gasteiger partial charge in [-0.3, -0.25) is 0 Å². The fraction of sp³-hybridized carbons (Fsp3) is 0.350. The van der Waals surface area contributed by atoms with Crippen molar-refractivity contribution in [2.45, 2.75) is 45.1 Å². The van der Waals surface area contributed by atoms with E-state index in [1.165, 1.54) is 12.1 Å². The predicted octanol–water partition coefficient (Wildman–Crippen LogP) is 6.12. The summed E-state index contributed by atoms with van der Waals surface area (Å²) in [5.41, 5.74) is 0.474. The third-order valence-corrected chi connectivity index (χ3v) is 4.11. The summed E-state index contributed by atoms with van der Waals surface area (Å²) in [5.74, 6) is -0.922. The molecule has 2 rings (SSSR count). The summed E-state index contributed by atoms with van der Waals surface area (Å²) in [4.78, 5) is 0.